The minimum atomic E-state index is -1.70. The van der Waals surface area contributed by atoms with Crippen molar-refractivity contribution in [3.8, 4) is 11.5 Å². The van der Waals surface area contributed by atoms with Crippen LogP contribution < -0.4 is 0 Å². The molecule has 48 heavy (non-hydrogen) atoms. The molecular weight excluding hydrogens is 624 g/mol. The molecule has 0 bridgehead atoms. The van der Waals surface area contributed by atoms with Gasteiger partial charge in [0.1, 0.15) is 18.3 Å². The van der Waals surface area contributed by atoms with Gasteiger partial charge in [-0.15, -0.1) is 6.58 Å². The number of para-hydroxylation sites is 1. The fraction of sp³-hybridized carbons (Fsp3) is 0.371. The maximum absolute atomic E-state index is 13.8. The van der Waals surface area contributed by atoms with Gasteiger partial charge in [0.2, 0.25) is 6.29 Å². The van der Waals surface area contributed by atoms with Crippen LogP contribution in [-0.4, -0.2) is 97.4 Å². The van der Waals surface area contributed by atoms with Crippen LogP contribution in [0.25, 0.3) is 17.0 Å². The molecule has 1 amide bonds. The fourth-order valence-electron chi connectivity index (χ4n) is 7.24. The third-order valence-electron chi connectivity index (χ3n) is 9.68. The number of esters is 1. The number of piperidine rings is 1. The monoisotopic (exact) mass is 660 g/mol. The lowest BCUT2D eigenvalue weighted by atomic mass is 9.74. The summed E-state index contributed by atoms with van der Waals surface area (Å²) in [5.74, 6) is -2.68. The van der Waals surface area contributed by atoms with Crippen molar-refractivity contribution in [3.05, 3.63) is 89.9 Å². The van der Waals surface area contributed by atoms with Gasteiger partial charge in [-0.2, -0.15) is 0 Å². The third-order valence-corrected chi connectivity index (χ3v) is 9.68. The molecule has 7 rings (SSSR count). The molecule has 0 saturated carbocycles. The Kier molecular flexibility index (Phi) is 8.48. The van der Waals surface area contributed by atoms with Crippen LogP contribution in [0, 0.1) is 11.8 Å². The number of phenols is 2. The van der Waals surface area contributed by atoms with Gasteiger partial charge < -0.3 is 54.4 Å². The first kappa shape index (κ1) is 31.9. The van der Waals surface area contributed by atoms with Crippen molar-refractivity contribution in [2.75, 3.05) is 13.2 Å². The molecule has 2 fully saturated rings. The first-order valence-electron chi connectivity index (χ1n) is 15.8. The standard InChI is InChI=1S/C35H36N2O11/c1-2-18-21-14-24-29-20(19-5-3-4-6-23(19)36-29)11-12-37(24)33(44)22(21)16-45-34(18)48-35-31(43)32(30(42)27(15-38)46-35)47-28(41)10-8-17-7-9-25(39)26(40)13-17/h2-10,13,16,18,21,24,27,30-32,34-36,38-40,42-43H,1,11-12,14-15H2/b10-8+/t18-,21+,24-,27+,30+,31+,32-,34+,35+/m1/s1. The van der Waals surface area contributed by atoms with E-state index in [1.54, 1.807) is 6.08 Å². The van der Waals surface area contributed by atoms with Crippen molar-refractivity contribution in [1.82, 2.24) is 9.88 Å². The molecule has 13 heteroatoms. The number of nitrogens with one attached hydrogen (secondary N) is 1. The van der Waals surface area contributed by atoms with E-state index in [0.29, 0.717) is 24.1 Å². The van der Waals surface area contributed by atoms with E-state index in [9.17, 15) is 35.1 Å². The van der Waals surface area contributed by atoms with Crippen LogP contribution in [0.1, 0.15) is 29.3 Å². The molecule has 0 aliphatic carbocycles. The highest BCUT2D eigenvalue weighted by atomic mass is 16.8. The maximum atomic E-state index is 13.8. The summed E-state index contributed by atoms with van der Waals surface area (Å²) in [4.78, 5) is 31.9. The molecule has 2 aromatic carbocycles. The fourth-order valence-corrected chi connectivity index (χ4v) is 7.24. The van der Waals surface area contributed by atoms with E-state index in [1.165, 1.54) is 36.1 Å². The number of phenolic OH excluding ortho intramolecular Hbond substituents is 2. The van der Waals surface area contributed by atoms with Crippen LogP contribution in [0.4, 0.5) is 0 Å². The quantitative estimate of drug-likeness (QED) is 0.0942. The minimum Gasteiger partial charge on any atom is -0.504 e. The van der Waals surface area contributed by atoms with Gasteiger partial charge in [0.15, 0.2) is 23.9 Å². The maximum Gasteiger partial charge on any atom is 0.331 e. The van der Waals surface area contributed by atoms with Gasteiger partial charge in [0, 0.05) is 41.1 Å². The molecule has 9 atom stereocenters. The van der Waals surface area contributed by atoms with Crippen molar-refractivity contribution in [2.24, 2.45) is 11.8 Å². The van der Waals surface area contributed by atoms with Crippen LogP contribution in [0.3, 0.4) is 0 Å². The van der Waals surface area contributed by atoms with Gasteiger partial charge in [0.05, 0.1) is 24.5 Å². The summed E-state index contributed by atoms with van der Waals surface area (Å²) in [6.45, 7) is 3.89. The summed E-state index contributed by atoms with van der Waals surface area (Å²) in [5, 5.41) is 52.2. The number of fused-ring (bicyclic) bond motifs is 6. The van der Waals surface area contributed by atoms with Crippen LogP contribution in [0.5, 0.6) is 11.5 Å². The van der Waals surface area contributed by atoms with Gasteiger partial charge in [0.25, 0.3) is 5.91 Å². The predicted molar refractivity (Wildman–Crippen MR) is 169 cm³/mol. The summed E-state index contributed by atoms with van der Waals surface area (Å²) < 4.78 is 23.1. The average Bonchev–Trinajstić information content (AvgIpc) is 3.47. The smallest absolute Gasteiger partial charge is 0.331 e. The van der Waals surface area contributed by atoms with Crippen molar-refractivity contribution < 1.29 is 54.1 Å². The van der Waals surface area contributed by atoms with E-state index >= 15 is 0 Å². The number of nitrogens with zero attached hydrogens (tertiary/aromatic N) is 1. The van der Waals surface area contributed by atoms with E-state index in [4.69, 9.17) is 18.9 Å². The number of H-pyrrole nitrogens is 1. The number of aliphatic hydroxyl groups excluding tert-OH is 3. The lowest BCUT2D eigenvalue weighted by Crippen LogP contribution is -2.61. The Morgan fingerprint density at radius 2 is 1.92 bits per heavy atom. The van der Waals surface area contributed by atoms with Crippen LogP contribution in [0.2, 0.25) is 0 Å². The second-order valence-electron chi connectivity index (χ2n) is 12.4. The minimum absolute atomic E-state index is 0.133. The number of aromatic hydroxyl groups is 2. The number of rotatable bonds is 7. The molecule has 0 spiro atoms. The van der Waals surface area contributed by atoms with E-state index in [-0.39, 0.29) is 29.4 Å². The Morgan fingerprint density at radius 1 is 1.10 bits per heavy atom. The number of carbonyl (C=O) groups excluding carboxylic acids is 2. The van der Waals surface area contributed by atoms with Crippen LogP contribution in [0.15, 0.2) is 73.0 Å². The summed E-state index contributed by atoms with van der Waals surface area (Å²) in [5.41, 5.74) is 4.09. The molecule has 4 aliphatic rings. The first-order valence-corrected chi connectivity index (χ1v) is 15.8. The number of amides is 1. The number of carbonyl (C=O) groups is 2. The van der Waals surface area contributed by atoms with E-state index < -0.39 is 55.5 Å². The number of aliphatic hydroxyl groups is 3. The zero-order valence-corrected chi connectivity index (χ0v) is 25.7. The first-order chi connectivity index (χ1) is 23.2. The Bertz CT molecular complexity index is 1800. The van der Waals surface area contributed by atoms with Crippen molar-refractivity contribution in [3.63, 3.8) is 0 Å². The Morgan fingerprint density at radius 3 is 2.69 bits per heavy atom. The number of hydrogen-bond donors (Lipinski definition) is 6. The van der Waals surface area contributed by atoms with E-state index in [1.807, 2.05) is 23.1 Å². The number of aromatic amines is 1. The van der Waals surface area contributed by atoms with Gasteiger partial charge in [-0.1, -0.05) is 30.3 Å². The normalized spacial score (nSPS) is 31.4. The largest absolute Gasteiger partial charge is 0.504 e. The van der Waals surface area contributed by atoms with Gasteiger partial charge >= 0.3 is 5.97 Å². The molecule has 0 unspecified atom stereocenters. The summed E-state index contributed by atoms with van der Waals surface area (Å²) in [6.07, 6.45) is -2.09. The molecule has 5 heterocycles. The molecule has 252 valence electrons. The van der Waals surface area contributed by atoms with Crippen molar-refractivity contribution in [1.29, 1.82) is 0 Å². The number of aromatic nitrogens is 1. The lowest BCUT2D eigenvalue weighted by Gasteiger charge is -2.48. The number of benzene rings is 2. The molecular formula is C35H36N2O11. The molecule has 4 aliphatic heterocycles. The van der Waals surface area contributed by atoms with E-state index in [2.05, 4.69) is 17.6 Å². The van der Waals surface area contributed by atoms with E-state index in [0.717, 1.165) is 29.1 Å². The lowest BCUT2D eigenvalue weighted by molar-refractivity contribution is -0.340. The molecule has 2 saturated heterocycles. The van der Waals surface area contributed by atoms with Crippen LogP contribution in [-0.2, 0) is 35.0 Å². The highest BCUT2D eigenvalue weighted by Crippen LogP contribution is 2.48. The molecule has 13 nitrogen and oxygen atoms in total. The molecule has 3 aromatic rings. The Labute approximate surface area is 274 Å². The van der Waals surface area contributed by atoms with Crippen LogP contribution >= 0.6 is 0 Å². The van der Waals surface area contributed by atoms with Gasteiger partial charge in [-0.3, -0.25) is 4.79 Å². The predicted octanol–water partition coefficient (Wildman–Crippen LogP) is 2.15. The van der Waals surface area contributed by atoms with Crippen molar-refractivity contribution >= 4 is 28.9 Å². The molecule has 1 aromatic heterocycles. The molecule has 6 N–H and O–H groups in total. The topological polar surface area (TPSA) is 191 Å². The summed E-state index contributed by atoms with van der Waals surface area (Å²) >= 11 is 0. The second kappa shape index (κ2) is 12.7. The molecule has 0 radical (unpaired) electrons. The second-order valence-corrected chi connectivity index (χ2v) is 12.4. The Balaban J connectivity index is 1.09. The number of hydrogen-bond acceptors (Lipinski definition) is 11. The highest BCUT2D eigenvalue weighted by Gasteiger charge is 2.52. The number of ether oxygens (including phenoxy) is 4. The van der Waals surface area contributed by atoms with Crippen molar-refractivity contribution in [2.45, 2.75) is 55.9 Å². The zero-order chi connectivity index (χ0) is 33.7. The highest BCUT2D eigenvalue weighted by molar-refractivity contribution is 5.96. The summed E-state index contributed by atoms with van der Waals surface area (Å²) in [7, 11) is 0. The summed E-state index contributed by atoms with van der Waals surface area (Å²) in [6, 6.07) is 11.8. The third kappa shape index (κ3) is 5.53. The SMILES string of the molecule is C=C[C@H]1[C@H](O[C@@H]2O[C@@H](CO)[C@H](O)[C@@H](OC(=O)/C=C/c3ccc(O)c(O)c3)[C@@H]2O)OC=C2C(=O)N3CCc4c([nH]c5ccccc45)[C@H]3C[C@H]21. The van der Waals surface area contributed by atoms with Gasteiger partial charge in [-0.25, -0.2) is 4.79 Å². The van der Waals surface area contributed by atoms with Gasteiger partial charge in [-0.05, 0) is 48.2 Å². The Hall–Kier alpha value is -4.66. The zero-order valence-electron chi connectivity index (χ0n) is 25.7. The average molecular weight is 661 g/mol.